The number of ether oxygens (including phenoxy) is 2. The van der Waals surface area contributed by atoms with Crippen molar-refractivity contribution in [3.8, 4) is 22.9 Å². The molecule has 7 rings (SSSR count). The third-order valence-corrected chi connectivity index (χ3v) is 13.8. The molecule has 0 spiro atoms. The van der Waals surface area contributed by atoms with Crippen molar-refractivity contribution < 1.29 is 28.7 Å². The number of nitrogens with two attached hydrogens (primary N) is 1. The Morgan fingerprint density at radius 1 is 0.910 bits per heavy atom. The second kappa shape index (κ2) is 23.1. The van der Waals surface area contributed by atoms with Crippen LogP contribution in [0.25, 0.3) is 16.7 Å². The van der Waals surface area contributed by atoms with Crippen LogP contribution in [0.4, 0.5) is 11.5 Å². The molecule has 18 heteroatoms. The molecule has 3 fully saturated rings. The van der Waals surface area contributed by atoms with Gasteiger partial charge >= 0.3 is 0 Å². The van der Waals surface area contributed by atoms with Crippen molar-refractivity contribution in [2.24, 2.45) is 5.73 Å². The van der Waals surface area contributed by atoms with Gasteiger partial charge in [-0.05, 0) is 69.1 Å². The van der Waals surface area contributed by atoms with E-state index >= 15 is 0 Å². The first-order valence-electron chi connectivity index (χ1n) is 23.6. The monoisotopic (exact) mass is 919 g/mol. The fourth-order valence-corrected chi connectivity index (χ4v) is 9.58. The summed E-state index contributed by atoms with van der Waals surface area (Å²) in [4.78, 5) is 72.3. The number of anilines is 2. The highest BCUT2D eigenvalue weighted by atomic mass is 16.5. The molecule has 3 amide bonds. The molecule has 2 aromatic heterocycles. The topological polar surface area (TPSA) is 206 Å². The number of piperazine rings is 2. The van der Waals surface area contributed by atoms with Crippen LogP contribution in [0.5, 0.6) is 5.75 Å². The number of pyridine rings is 2. The first-order valence-corrected chi connectivity index (χ1v) is 23.6. The lowest BCUT2D eigenvalue weighted by Gasteiger charge is -2.46. The molecule has 3 saturated heterocycles. The van der Waals surface area contributed by atoms with Gasteiger partial charge in [0.25, 0.3) is 5.91 Å². The van der Waals surface area contributed by atoms with E-state index in [1.165, 1.54) is 6.20 Å². The molecule has 358 valence electrons. The van der Waals surface area contributed by atoms with Crippen LogP contribution in [0.3, 0.4) is 0 Å². The number of amides is 3. The Morgan fingerprint density at radius 2 is 1.67 bits per heavy atom. The lowest BCUT2D eigenvalue weighted by Crippen LogP contribution is -2.60. The summed E-state index contributed by atoms with van der Waals surface area (Å²) in [7, 11) is 3.63. The van der Waals surface area contributed by atoms with Crippen molar-refractivity contribution in [1.82, 2.24) is 40.2 Å². The number of benzene rings is 1. The number of rotatable bonds is 20. The number of aromatic nitrogens is 2. The highest BCUT2D eigenvalue weighted by molar-refractivity contribution is 6.00. The molecule has 0 bridgehead atoms. The van der Waals surface area contributed by atoms with Gasteiger partial charge in [0.15, 0.2) is 0 Å². The number of hydrogen-bond donors (Lipinski definition) is 3. The smallest absolute Gasteiger partial charge is 0.255 e. The summed E-state index contributed by atoms with van der Waals surface area (Å²) >= 11 is 0. The van der Waals surface area contributed by atoms with Gasteiger partial charge in [-0.1, -0.05) is 6.07 Å². The maximum Gasteiger partial charge on any atom is 0.255 e. The van der Waals surface area contributed by atoms with E-state index in [0.717, 1.165) is 99.7 Å². The fraction of sp³-hybridized carbons (Fsp3) is 0.531. The number of piperidine rings is 1. The lowest BCUT2D eigenvalue weighted by molar-refractivity contribution is -0.132. The Balaban J connectivity index is 0.780. The molecule has 0 radical (unpaired) electrons. The maximum atomic E-state index is 13.3. The molecule has 4 aliphatic heterocycles. The minimum Gasteiger partial charge on any atom is -0.492 e. The number of nitriles is 1. The summed E-state index contributed by atoms with van der Waals surface area (Å²) in [5.41, 5.74) is 10.5. The highest BCUT2D eigenvalue weighted by Gasteiger charge is 2.37. The summed E-state index contributed by atoms with van der Waals surface area (Å²) < 4.78 is 11.7. The zero-order valence-corrected chi connectivity index (χ0v) is 39.3. The van der Waals surface area contributed by atoms with Gasteiger partial charge in [-0.3, -0.25) is 29.2 Å². The molecule has 4 aliphatic rings. The molecule has 1 aromatic carbocycles. The third-order valence-electron chi connectivity index (χ3n) is 13.8. The van der Waals surface area contributed by atoms with Crippen LogP contribution >= 0.6 is 0 Å². The van der Waals surface area contributed by atoms with Gasteiger partial charge in [-0.15, -0.1) is 0 Å². The Hall–Kier alpha value is -6.13. The van der Waals surface area contributed by atoms with Crippen molar-refractivity contribution in [3.63, 3.8) is 0 Å². The van der Waals surface area contributed by atoms with Crippen molar-refractivity contribution >= 4 is 41.1 Å². The van der Waals surface area contributed by atoms with E-state index in [0.29, 0.717) is 76.0 Å². The average Bonchev–Trinajstić information content (AvgIpc) is 3.70. The van der Waals surface area contributed by atoms with Gasteiger partial charge in [0.05, 0.1) is 49.7 Å². The Labute approximate surface area is 394 Å². The van der Waals surface area contributed by atoms with Gasteiger partial charge in [0.2, 0.25) is 11.8 Å². The van der Waals surface area contributed by atoms with Crippen LogP contribution in [-0.4, -0.2) is 178 Å². The lowest BCUT2D eigenvalue weighted by atomic mass is 9.86. The maximum absolute atomic E-state index is 13.3. The van der Waals surface area contributed by atoms with Crippen LogP contribution in [0.2, 0.25) is 0 Å². The minimum atomic E-state index is -0.654. The number of fused-ring (bicyclic) bond motifs is 1. The number of aldehydes is 1. The zero-order valence-electron chi connectivity index (χ0n) is 39.3. The molecule has 18 nitrogen and oxygen atoms in total. The number of likely N-dealkylation sites (N-methyl/N-ethyl adjacent to an activating group) is 1. The van der Waals surface area contributed by atoms with Gasteiger partial charge < -0.3 is 50.2 Å². The number of carbonyl (C=O) groups excluding carboxylic acids is 4. The van der Waals surface area contributed by atoms with Crippen molar-refractivity contribution in [2.45, 2.75) is 57.2 Å². The molecule has 1 unspecified atom stereocenters. The van der Waals surface area contributed by atoms with E-state index in [1.54, 1.807) is 18.1 Å². The van der Waals surface area contributed by atoms with Crippen LogP contribution in [0, 0.1) is 11.3 Å². The largest absolute Gasteiger partial charge is 0.492 e. The van der Waals surface area contributed by atoms with E-state index in [4.69, 9.17) is 20.2 Å². The molecule has 3 aromatic rings. The van der Waals surface area contributed by atoms with E-state index in [1.807, 2.05) is 54.4 Å². The van der Waals surface area contributed by atoms with Gasteiger partial charge in [0, 0.05) is 139 Å². The van der Waals surface area contributed by atoms with E-state index < -0.39 is 6.04 Å². The van der Waals surface area contributed by atoms with Gasteiger partial charge in [0.1, 0.15) is 23.9 Å². The van der Waals surface area contributed by atoms with Gasteiger partial charge in [-0.2, -0.15) is 5.26 Å². The van der Waals surface area contributed by atoms with E-state index in [9.17, 15) is 24.4 Å². The first kappa shape index (κ1) is 48.8. The Morgan fingerprint density at radius 3 is 2.33 bits per heavy atom. The second-order valence-corrected chi connectivity index (χ2v) is 17.7. The predicted octanol–water partition coefficient (Wildman–Crippen LogP) is 2.35. The minimum absolute atomic E-state index is 0.0214. The highest BCUT2D eigenvalue weighted by Crippen LogP contribution is 2.33. The van der Waals surface area contributed by atoms with Gasteiger partial charge in [-0.25, -0.2) is 4.98 Å². The number of hydrogen-bond acceptors (Lipinski definition) is 15. The zero-order chi connectivity index (χ0) is 47.3. The second-order valence-electron chi connectivity index (χ2n) is 17.7. The molecule has 0 saturated carbocycles. The summed E-state index contributed by atoms with van der Waals surface area (Å²) in [6.45, 7) is 13.8. The molecular formula is C49H66N12O6. The normalized spacial score (nSPS) is 18.4. The summed E-state index contributed by atoms with van der Waals surface area (Å²) in [5, 5.41) is 15.9. The average molecular weight is 919 g/mol. The quantitative estimate of drug-likeness (QED) is 0.0846. The number of nitrogens with one attached hydrogen (secondary N) is 2. The first-order chi connectivity index (χ1) is 32.6. The summed E-state index contributed by atoms with van der Waals surface area (Å²) in [5.74, 6) is 1.27. The molecule has 1 atom stereocenters. The third kappa shape index (κ3) is 11.9. The Kier molecular flexibility index (Phi) is 16.8. The van der Waals surface area contributed by atoms with Crippen LogP contribution in [0.15, 0.2) is 55.0 Å². The van der Waals surface area contributed by atoms with Crippen molar-refractivity contribution in [2.75, 3.05) is 122 Å². The summed E-state index contributed by atoms with van der Waals surface area (Å²) in [6.07, 6.45) is 8.26. The number of allylic oxidation sites excluding steroid dienone is 1. The SMILES string of the molecule is CCOc1cnc(C(C#N)=CN)c(-c2ccc(N3CCC(CN4CCN(CCOCCC(=O)N5CCN(c6ccc7c(c6)C(=O)N(C(C=O)CCC(=O)NC)C7)CC5)CC4)(NC)CC3)nc2)c1. The van der Waals surface area contributed by atoms with Crippen LogP contribution in [0.1, 0.15) is 60.6 Å². The van der Waals surface area contributed by atoms with E-state index in [2.05, 4.69) is 48.3 Å². The van der Waals surface area contributed by atoms with Crippen LogP contribution < -0.4 is 30.9 Å². The fourth-order valence-electron chi connectivity index (χ4n) is 9.58. The van der Waals surface area contributed by atoms with E-state index in [-0.39, 0.29) is 41.7 Å². The number of carbonyl (C=O) groups is 4. The Bertz CT molecular complexity index is 2260. The molecule has 6 heterocycles. The van der Waals surface area contributed by atoms with Crippen molar-refractivity contribution in [3.05, 3.63) is 71.8 Å². The number of nitrogens with zero attached hydrogens (tertiary/aromatic N) is 9. The van der Waals surface area contributed by atoms with Crippen molar-refractivity contribution in [1.29, 1.82) is 5.26 Å². The predicted molar refractivity (Wildman–Crippen MR) is 256 cm³/mol. The molecular weight excluding hydrogens is 853 g/mol. The molecule has 67 heavy (non-hydrogen) atoms. The molecule has 4 N–H and O–H groups in total. The molecule has 0 aliphatic carbocycles. The standard InChI is InChI=1S/C49H66N12O6/c1-4-67-41-28-42(47(55-32-41)38(29-50)30-51)36-6-9-44(54-31-36)59-14-12-49(53-3,13-15-59)35-57-18-16-56(17-19-57)24-26-66-25-11-46(64)60-22-20-58(21-23-60)39-7-5-37-33-61(48(65)43(37)27-39)40(34-62)8-10-45(63)52-2/h5-7,9,27-29,31-32,34,40,53H,4,8,10-26,33,35,50H2,1-3H3,(H,52,63). The van der Waals surface area contributed by atoms with Crippen LogP contribution in [-0.2, 0) is 25.7 Å². The summed E-state index contributed by atoms with van der Waals surface area (Å²) in [6, 6.07) is 13.2.